The molecule has 2 heteroatoms. The number of fused-ring (bicyclic) bond motifs is 5. The molecule has 85 heavy (non-hydrogen) atoms. The number of anilines is 6. The molecule has 16 rings (SSSR count). The molecule has 13 aromatic rings. The molecule has 0 heterocycles. The van der Waals surface area contributed by atoms with Crippen molar-refractivity contribution in [2.45, 2.75) is 0 Å². The molecule has 0 saturated carbocycles. The SMILES string of the molecule is C1=CC2=CC=CC3=CC(c4ccc5cc(-c6ccc(N(c7ccccc7)c7ccc(-c8ccc(N(c9ccccc9)c9ccc(-c%10ccc%11cc(-c%12ccc%13ccc%14ccccc%14c%13c%12)ccc%11c%10)cc9)cc8)cc7)cc6)ccc5c4)=CC(=C1)C23. The van der Waals surface area contributed by atoms with E-state index in [0.717, 1.165) is 45.3 Å². The Morgan fingerprint density at radius 3 is 1.07 bits per heavy atom. The Hall–Kier alpha value is -11.1. The van der Waals surface area contributed by atoms with Crippen molar-refractivity contribution in [3.8, 4) is 44.5 Å². The minimum Gasteiger partial charge on any atom is -0.311 e. The summed E-state index contributed by atoms with van der Waals surface area (Å²) in [5, 5.41) is 10.0. The van der Waals surface area contributed by atoms with Crippen molar-refractivity contribution in [1.82, 2.24) is 0 Å². The Labute approximate surface area is 496 Å². The molecule has 0 aromatic heterocycles. The Kier molecular flexibility index (Phi) is 12.3. The van der Waals surface area contributed by atoms with Gasteiger partial charge in [-0.3, -0.25) is 0 Å². The van der Waals surface area contributed by atoms with Crippen LogP contribution in [0.4, 0.5) is 34.1 Å². The van der Waals surface area contributed by atoms with Crippen molar-refractivity contribution in [1.29, 1.82) is 0 Å². The molecule has 0 N–H and O–H groups in total. The third-order valence-electron chi connectivity index (χ3n) is 17.4. The van der Waals surface area contributed by atoms with Gasteiger partial charge in [0.15, 0.2) is 0 Å². The molecule has 0 aliphatic heterocycles. The molecule has 0 fully saturated rings. The summed E-state index contributed by atoms with van der Waals surface area (Å²) in [7, 11) is 0. The van der Waals surface area contributed by atoms with E-state index >= 15 is 0 Å². The van der Waals surface area contributed by atoms with Crippen LogP contribution in [-0.4, -0.2) is 0 Å². The zero-order valence-corrected chi connectivity index (χ0v) is 46.7. The highest BCUT2D eigenvalue weighted by Crippen LogP contribution is 2.44. The average Bonchev–Trinajstić information content (AvgIpc) is 3.72. The first-order chi connectivity index (χ1) is 42.1. The summed E-state index contributed by atoms with van der Waals surface area (Å²) in [5.74, 6) is 0.352. The van der Waals surface area contributed by atoms with Gasteiger partial charge < -0.3 is 9.80 Å². The van der Waals surface area contributed by atoms with Gasteiger partial charge in [0.05, 0.1) is 0 Å². The second kappa shape index (κ2) is 21.0. The van der Waals surface area contributed by atoms with Crippen molar-refractivity contribution in [3.63, 3.8) is 0 Å². The first kappa shape index (κ1) is 49.7. The van der Waals surface area contributed by atoms with Crippen LogP contribution in [0, 0.1) is 5.92 Å². The summed E-state index contributed by atoms with van der Waals surface area (Å²) in [6.45, 7) is 0. The largest absolute Gasteiger partial charge is 0.311 e. The van der Waals surface area contributed by atoms with Crippen LogP contribution >= 0.6 is 0 Å². The normalized spacial score (nSPS) is 14.2. The van der Waals surface area contributed by atoms with Gasteiger partial charge in [-0.25, -0.2) is 0 Å². The van der Waals surface area contributed by atoms with E-state index in [-0.39, 0.29) is 0 Å². The van der Waals surface area contributed by atoms with Gasteiger partial charge in [0.2, 0.25) is 0 Å². The molecular formula is C83H56N2. The average molecular weight is 1080 g/mol. The van der Waals surface area contributed by atoms with Crippen LogP contribution in [-0.2, 0) is 0 Å². The van der Waals surface area contributed by atoms with Crippen LogP contribution in [0.25, 0.3) is 93.2 Å². The molecule has 2 nitrogen and oxygen atoms in total. The third-order valence-corrected chi connectivity index (χ3v) is 17.4. The van der Waals surface area contributed by atoms with Crippen molar-refractivity contribution in [2.24, 2.45) is 5.92 Å². The molecule has 13 aromatic carbocycles. The number of rotatable bonds is 11. The maximum Gasteiger partial charge on any atom is 0.0462 e. The van der Waals surface area contributed by atoms with Crippen LogP contribution in [0.1, 0.15) is 5.56 Å². The molecule has 0 amide bonds. The maximum atomic E-state index is 2.36. The number of hydrogen-bond donors (Lipinski definition) is 0. The fourth-order valence-electron chi connectivity index (χ4n) is 13.0. The van der Waals surface area contributed by atoms with Crippen LogP contribution in [0.5, 0.6) is 0 Å². The zero-order valence-electron chi connectivity index (χ0n) is 46.7. The first-order valence-corrected chi connectivity index (χ1v) is 29.4. The van der Waals surface area contributed by atoms with Crippen LogP contribution in [0.2, 0.25) is 0 Å². The Morgan fingerprint density at radius 2 is 0.565 bits per heavy atom. The summed E-state index contributed by atoms with van der Waals surface area (Å²) in [6, 6.07) is 105. The van der Waals surface area contributed by atoms with E-state index in [1.54, 1.807) is 0 Å². The summed E-state index contributed by atoms with van der Waals surface area (Å²) in [5.41, 5.74) is 22.7. The highest BCUT2D eigenvalue weighted by Gasteiger charge is 2.27. The van der Waals surface area contributed by atoms with E-state index in [1.165, 1.54) is 104 Å². The minimum atomic E-state index is 0.352. The van der Waals surface area contributed by atoms with Crippen molar-refractivity contribution in [2.75, 3.05) is 9.80 Å². The van der Waals surface area contributed by atoms with Gasteiger partial charge in [0, 0.05) is 40.0 Å². The summed E-state index contributed by atoms with van der Waals surface area (Å²) < 4.78 is 0. The molecule has 398 valence electrons. The zero-order chi connectivity index (χ0) is 56.2. The third kappa shape index (κ3) is 9.37. The van der Waals surface area contributed by atoms with Gasteiger partial charge in [0.1, 0.15) is 0 Å². The molecular weight excluding hydrogens is 1020 g/mol. The summed E-state index contributed by atoms with van der Waals surface area (Å²) >= 11 is 0. The van der Waals surface area contributed by atoms with Gasteiger partial charge in [-0.2, -0.15) is 0 Å². The predicted molar refractivity (Wildman–Crippen MR) is 362 cm³/mol. The molecule has 1 unspecified atom stereocenters. The molecule has 0 bridgehead atoms. The lowest BCUT2D eigenvalue weighted by atomic mass is 9.74. The Balaban J connectivity index is 0.629. The van der Waals surface area contributed by atoms with Gasteiger partial charge in [-0.15, -0.1) is 0 Å². The highest BCUT2D eigenvalue weighted by molar-refractivity contribution is 6.09. The molecule has 3 aliphatic rings. The van der Waals surface area contributed by atoms with Crippen molar-refractivity contribution in [3.05, 3.63) is 356 Å². The van der Waals surface area contributed by atoms with Gasteiger partial charge in [0.25, 0.3) is 0 Å². The van der Waals surface area contributed by atoms with Crippen molar-refractivity contribution >= 4 is 82.8 Å². The second-order valence-corrected chi connectivity index (χ2v) is 22.5. The second-order valence-electron chi connectivity index (χ2n) is 22.5. The van der Waals surface area contributed by atoms with E-state index in [2.05, 4.69) is 344 Å². The van der Waals surface area contributed by atoms with Gasteiger partial charge in [-0.05, 0) is 219 Å². The number of benzene rings is 13. The maximum absolute atomic E-state index is 2.36. The Morgan fingerprint density at radius 1 is 0.224 bits per heavy atom. The van der Waals surface area contributed by atoms with Crippen LogP contribution in [0.3, 0.4) is 0 Å². The predicted octanol–water partition coefficient (Wildman–Crippen LogP) is 22.8. The van der Waals surface area contributed by atoms with E-state index in [9.17, 15) is 0 Å². The van der Waals surface area contributed by atoms with E-state index in [1.807, 2.05) is 0 Å². The molecule has 3 aliphatic carbocycles. The van der Waals surface area contributed by atoms with Crippen LogP contribution in [0.15, 0.2) is 350 Å². The standard InChI is InChI=1S/C83H56N2/c1-3-16-75(17-4-1)84(79-45-37-58(38-46-79)63-25-27-67-51-69(30-29-65(67)49-63)71-24-23-61-22-21-60-11-7-8-20-81(60)82(61)55-71)77-41-33-56(34-42-77)57-35-43-78(44-36-57)85(76-18-5-2-6-19-76)80-47-39-59(40-48-80)64-26-28-68-52-70(32-31-66(68)50-64)74-53-72-14-9-12-62-13-10-15-73(54-74)83(62)72/h1-55,83H. The highest BCUT2D eigenvalue weighted by atomic mass is 15.1. The number of para-hydroxylation sites is 2. The van der Waals surface area contributed by atoms with E-state index < -0.39 is 0 Å². The molecule has 0 saturated heterocycles. The van der Waals surface area contributed by atoms with Gasteiger partial charge >= 0.3 is 0 Å². The number of nitrogens with zero attached hydrogens (tertiary/aromatic N) is 2. The fourth-order valence-corrected chi connectivity index (χ4v) is 13.0. The lowest BCUT2D eigenvalue weighted by Gasteiger charge is -2.30. The minimum absolute atomic E-state index is 0.352. The summed E-state index contributed by atoms with van der Waals surface area (Å²) in [6.07, 6.45) is 18.1. The lowest BCUT2D eigenvalue weighted by molar-refractivity contribution is 0.880. The van der Waals surface area contributed by atoms with Crippen LogP contribution < -0.4 is 9.80 Å². The quantitative estimate of drug-likeness (QED) is 0.119. The molecule has 0 radical (unpaired) electrons. The topological polar surface area (TPSA) is 6.48 Å². The monoisotopic (exact) mass is 1080 g/mol. The fraction of sp³-hybridized carbons (Fsp3) is 0.0120. The number of hydrogen-bond acceptors (Lipinski definition) is 2. The Bertz CT molecular complexity index is 4940. The van der Waals surface area contributed by atoms with Gasteiger partial charge in [-0.1, -0.05) is 231 Å². The van der Waals surface area contributed by atoms with E-state index in [4.69, 9.17) is 0 Å². The molecule has 1 atom stereocenters. The van der Waals surface area contributed by atoms with E-state index in [0.29, 0.717) is 5.92 Å². The van der Waals surface area contributed by atoms with Crippen molar-refractivity contribution < 1.29 is 0 Å². The lowest BCUT2D eigenvalue weighted by Crippen LogP contribution is -2.15. The number of allylic oxidation sites excluding steroid dienone is 12. The smallest absolute Gasteiger partial charge is 0.0462 e. The first-order valence-electron chi connectivity index (χ1n) is 29.4. The summed E-state index contributed by atoms with van der Waals surface area (Å²) in [4.78, 5) is 4.67. The molecule has 0 spiro atoms.